The lowest BCUT2D eigenvalue weighted by Gasteiger charge is -2.11. The first-order chi connectivity index (χ1) is 11.4. The van der Waals surface area contributed by atoms with Crippen molar-refractivity contribution in [2.24, 2.45) is 0 Å². The number of hydrogen-bond acceptors (Lipinski definition) is 4. The number of ether oxygens (including phenoxy) is 2. The molecule has 0 saturated carbocycles. The van der Waals surface area contributed by atoms with Crippen molar-refractivity contribution in [3.63, 3.8) is 0 Å². The number of hydrogen-bond donors (Lipinski definition) is 1. The van der Waals surface area contributed by atoms with Crippen LogP contribution in [0.4, 0.5) is 0 Å². The molecule has 24 heavy (non-hydrogen) atoms. The van der Waals surface area contributed by atoms with Gasteiger partial charge in [-0.2, -0.15) is 0 Å². The van der Waals surface area contributed by atoms with Crippen LogP contribution in [0.2, 0.25) is 0 Å². The molecule has 0 aliphatic carbocycles. The van der Waals surface area contributed by atoms with Crippen molar-refractivity contribution in [2.75, 3.05) is 20.3 Å². The lowest BCUT2D eigenvalue weighted by atomic mass is 10.0. The van der Waals surface area contributed by atoms with Crippen molar-refractivity contribution in [1.29, 1.82) is 0 Å². The molecule has 2 aromatic rings. The molecular formula is C18H23NO4S. The summed E-state index contributed by atoms with van der Waals surface area (Å²) in [6.07, 6.45) is 0. The first-order valence-corrected chi connectivity index (χ1v) is 9.27. The second kappa shape index (κ2) is 8.17. The Hall–Kier alpha value is -2.05. The maximum absolute atomic E-state index is 12.2. The van der Waals surface area contributed by atoms with Crippen molar-refractivity contribution in [2.45, 2.75) is 24.7 Å². The Balaban J connectivity index is 1.87. The van der Waals surface area contributed by atoms with Crippen molar-refractivity contribution >= 4 is 10.0 Å². The molecule has 5 nitrogen and oxygen atoms in total. The highest BCUT2D eigenvalue weighted by Gasteiger charge is 2.13. The third kappa shape index (κ3) is 4.97. The van der Waals surface area contributed by atoms with Crippen LogP contribution in [0.25, 0.3) is 0 Å². The Morgan fingerprint density at radius 2 is 1.75 bits per heavy atom. The van der Waals surface area contributed by atoms with Gasteiger partial charge in [0.15, 0.2) is 0 Å². The average Bonchev–Trinajstić information content (AvgIpc) is 2.59. The number of rotatable bonds is 8. The topological polar surface area (TPSA) is 64.6 Å². The van der Waals surface area contributed by atoms with Gasteiger partial charge in [0.1, 0.15) is 18.1 Å². The van der Waals surface area contributed by atoms with Crippen molar-refractivity contribution < 1.29 is 17.9 Å². The summed E-state index contributed by atoms with van der Waals surface area (Å²) >= 11 is 0. The highest BCUT2D eigenvalue weighted by molar-refractivity contribution is 7.89. The zero-order valence-electron chi connectivity index (χ0n) is 14.2. The maximum atomic E-state index is 12.2. The SMILES string of the molecule is COc1ccc(S(=O)(=O)NCCOc2cccc(C(C)C)c2)cc1. The first kappa shape index (κ1) is 18.3. The van der Waals surface area contributed by atoms with Gasteiger partial charge in [-0.3, -0.25) is 0 Å². The fourth-order valence-corrected chi connectivity index (χ4v) is 3.16. The van der Waals surface area contributed by atoms with Gasteiger partial charge in [-0.25, -0.2) is 13.1 Å². The van der Waals surface area contributed by atoms with Gasteiger partial charge in [-0.05, 0) is 47.9 Å². The second-order valence-corrected chi connectivity index (χ2v) is 7.42. The minimum Gasteiger partial charge on any atom is -0.497 e. The molecule has 130 valence electrons. The normalized spacial score (nSPS) is 11.5. The molecular weight excluding hydrogens is 326 g/mol. The number of sulfonamides is 1. The summed E-state index contributed by atoms with van der Waals surface area (Å²) in [5.74, 6) is 1.77. The summed E-state index contributed by atoms with van der Waals surface area (Å²) in [6.45, 7) is 4.68. The van der Waals surface area contributed by atoms with Crippen LogP contribution in [0.15, 0.2) is 53.4 Å². The van der Waals surface area contributed by atoms with Crippen LogP contribution in [-0.2, 0) is 10.0 Å². The van der Waals surface area contributed by atoms with Crippen molar-refractivity contribution in [3.05, 3.63) is 54.1 Å². The number of methoxy groups -OCH3 is 1. The molecule has 0 bridgehead atoms. The molecule has 0 saturated heterocycles. The average molecular weight is 349 g/mol. The van der Waals surface area contributed by atoms with Crippen LogP contribution in [0.3, 0.4) is 0 Å². The van der Waals surface area contributed by atoms with Crippen LogP contribution >= 0.6 is 0 Å². The molecule has 2 aromatic carbocycles. The molecule has 0 amide bonds. The summed E-state index contributed by atoms with van der Waals surface area (Å²) in [5.41, 5.74) is 1.19. The van der Waals surface area contributed by atoms with E-state index >= 15 is 0 Å². The third-order valence-corrected chi connectivity index (χ3v) is 5.03. The second-order valence-electron chi connectivity index (χ2n) is 5.65. The fraction of sp³-hybridized carbons (Fsp3) is 0.333. The van der Waals surface area contributed by atoms with Crippen LogP contribution in [-0.4, -0.2) is 28.7 Å². The summed E-state index contributed by atoms with van der Waals surface area (Å²) in [6, 6.07) is 14.1. The van der Waals surface area contributed by atoms with Gasteiger partial charge in [0.05, 0.1) is 12.0 Å². The highest BCUT2D eigenvalue weighted by Crippen LogP contribution is 2.20. The quantitative estimate of drug-likeness (QED) is 0.744. The van der Waals surface area contributed by atoms with E-state index in [4.69, 9.17) is 9.47 Å². The molecule has 0 atom stereocenters. The van der Waals surface area contributed by atoms with Crippen LogP contribution < -0.4 is 14.2 Å². The monoisotopic (exact) mass is 349 g/mol. The minimum absolute atomic E-state index is 0.195. The summed E-state index contributed by atoms with van der Waals surface area (Å²) in [5, 5.41) is 0. The molecule has 0 heterocycles. The fourth-order valence-electron chi connectivity index (χ4n) is 2.15. The van der Waals surface area contributed by atoms with E-state index in [9.17, 15) is 8.42 Å². The first-order valence-electron chi connectivity index (χ1n) is 7.79. The van der Waals surface area contributed by atoms with Gasteiger partial charge in [0.25, 0.3) is 0 Å². The molecule has 0 spiro atoms. The van der Waals surface area contributed by atoms with E-state index in [1.807, 2.05) is 24.3 Å². The molecule has 2 rings (SSSR count). The summed E-state index contributed by atoms with van der Waals surface area (Å²) < 4.78 is 37.5. The highest BCUT2D eigenvalue weighted by atomic mass is 32.2. The zero-order valence-corrected chi connectivity index (χ0v) is 15.0. The van der Waals surface area contributed by atoms with Gasteiger partial charge >= 0.3 is 0 Å². The third-order valence-electron chi connectivity index (χ3n) is 3.56. The van der Waals surface area contributed by atoms with Crippen LogP contribution in [0.1, 0.15) is 25.3 Å². The van der Waals surface area contributed by atoms with Crippen LogP contribution in [0.5, 0.6) is 11.5 Å². The lowest BCUT2D eigenvalue weighted by molar-refractivity contribution is 0.322. The minimum atomic E-state index is -3.55. The predicted molar refractivity (Wildman–Crippen MR) is 94.2 cm³/mol. The Morgan fingerprint density at radius 1 is 1.04 bits per heavy atom. The number of nitrogens with one attached hydrogen (secondary N) is 1. The van der Waals surface area contributed by atoms with E-state index in [2.05, 4.69) is 18.6 Å². The molecule has 0 aromatic heterocycles. The van der Waals surface area contributed by atoms with E-state index in [1.165, 1.54) is 24.8 Å². The van der Waals surface area contributed by atoms with Gasteiger partial charge in [-0.1, -0.05) is 26.0 Å². The number of benzene rings is 2. The Kier molecular flexibility index (Phi) is 6.23. The molecule has 0 aliphatic heterocycles. The largest absolute Gasteiger partial charge is 0.497 e. The van der Waals surface area contributed by atoms with E-state index < -0.39 is 10.0 Å². The molecule has 0 unspecified atom stereocenters. The smallest absolute Gasteiger partial charge is 0.240 e. The Morgan fingerprint density at radius 3 is 2.38 bits per heavy atom. The Bertz CT molecular complexity index is 755. The van der Waals surface area contributed by atoms with E-state index in [1.54, 1.807) is 12.1 Å². The molecule has 6 heteroatoms. The summed E-state index contributed by atoms with van der Waals surface area (Å²) in [7, 11) is -2.01. The van der Waals surface area contributed by atoms with Gasteiger partial charge < -0.3 is 9.47 Å². The maximum Gasteiger partial charge on any atom is 0.240 e. The standard InChI is InChI=1S/C18H23NO4S/c1-14(2)15-5-4-6-17(13-15)23-12-11-19-24(20,21)18-9-7-16(22-3)8-10-18/h4-10,13-14,19H,11-12H2,1-3H3. The van der Waals surface area contributed by atoms with E-state index in [-0.39, 0.29) is 18.0 Å². The zero-order chi connectivity index (χ0) is 17.6. The van der Waals surface area contributed by atoms with Crippen LogP contribution in [0, 0.1) is 0 Å². The summed E-state index contributed by atoms with van der Waals surface area (Å²) in [4.78, 5) is 0.199. The van der Waals surface area contributed by atoms with Gasteiger partial charge in [0.2, 0.25) is 10.0 Å². The van der Waals surface area contributed by atoms with Gasteiger partial charge in [-0.15, -0.1) is 0 Å². The van der Waals surface area contributed by atoms with Crippen molar-refractivity contribution in [1.82, 2.24) is 4.72 Å². The van der Waals surface area contributed by atoms with Gasteiger partial charge in [0, 0.05) is 6.54 Å². The molecule has 0 aliphatic rings. The van der Waals surface area contributed by atoms with E-state index in [0.29, 0.717) is 11.7 Å². The predicted octanol–water partition coefficient (Wildman–Crippen LogP) is 3.18. The molecule has 0 radical (unpaired) electrons. The van der Waals surface area contributed by atoms with Crippen molar-refractivity contribution in [3.8, 4) is 11.5 Å². The Labute approximate surface area is 143 Å². The molecule has 0 fully saturated rings. The van der Waals surface area contributed by atoms with E-state index in [0.717, 1.165) is 5.75 Å². The lowest BCUT2D eigenvalue weighted by Crippen LogP contribution is -2.28. The molecule has 1 N–H and O–H groups in total.